The Morgan fingerprint density at radius 2 is 1.90 bits per heavy atom. The average molecular weight is 332 g/mol. The Kier molecular flexibility index (Phi) is 5.04. The molecule has 1 aromatic heterocycles. The highest BCUT2D eigenvalue weighted by atomic mass is 35.5. The van der Waals surface area contributed by atoms with Gasteiger partial charge < -0.3 is 4.74 Å². The highest BCUT2D eigenvalue weighted by Crippen LogP contribution is 2.20. The third-order valence-corrected chi connectivity index (χ3v) is 5.66. The summed E-state index contributed by atoms with van der Waals surface area (Å²) in [7, 11) is -3.43. The third kappa shape index (κ3) is 4.21. The quantitative estimate of drug-likeness (QED) is 0.828. The molecule has 7 heteroatoms. The van der Waals surface area contributed by atoms with Gasteiger partial charge in [0.15, 0.2) is 0 Å². The van der Waals surface area contributed by atoms with Crippen molar-refractivity contribution in [2.24, 2.45) is 0 Å². The van der Waals surface area contributed by atoms with E-state index in [1.54, 1.807) is 36.4 Å². The Hall–Kier alpha value is -1.08. The van der Waals surface area contributed by atoms with Gasteiger partial charge in [0.2, 0.25) is 10.0 Å². The molecule has 0 spiro atoms. The number of thiophene rings is 1. The highest BCUT2D eigenvalue weighted by Gasteiger charge is 2.15. The van der Waals surface area contributed by atoms with Gasteiger partial charge in [0, 0.05) is 16.4 Å². The minimum atomic E-state index is -3.43. The van der Waals surface area contributed by atoms with Crippen molar-refractivity contribution in [1.82, 2.24) is 4.72 Å². The fraction of sp³-hybridized carbons (Fsp3) is 0.231. The Morgan fingerprint density at radius 1 is 1.20 bits per heavy atom. The Morgan fingerprint density at radius 3 is 2.50 bits per heavy atom. The Bertz CT molecular complexity index is 665. The van der Waals surface area contributed by atoms with Gasteiger partial charge in [0.25, 0.3) is 0 Å². The average Bonchev–Trinajstić information content (AvgIpc) is 2.84. The zero-order valence-corrected chi connectivity index (χ0v) is 13.2. The number of benzene rings is 1. The lowest BCUT2D eigenvalue weighted by Crippen LogP contribution is -2.27. The smallest absolute Gasteiger partial charge is 0.250 e. The van der Waals surface area contributed by atoms with Crippen molar-refractivity contribution in [2.45, 2.75) is 11.1 Å². The standard InChI is InChI=1S/C13H14ClNO3S2/c1-10-2-7-13(19-10)20(16,17)15-8-9-18-12-5-3-11(14)4-6-12/h2-7,15H,8-9H2,1H3. The van der Waals surface area contributed by atoms with E-state index in [1.165, 1.54) is 11.3 Å². The molecule has 1 aromatic carbocycles. The van der Waals surface area contributed by atoms with E-state index in [0.717, 1.165) is 4.88 Å². The van der Waals surface area contributed by atoms with Crippen molar-refractivity contribution >= 4 is 33.0 Å². The van der Waals surface area contributed by atoms with Crippen LogP contribution in [0.2, 0.25) is 5.02 Å². The summed E-state index contributed by atoms with van der Waals surface area (Å²) < 4.78 is 32.1. The SMILES string of the molecule is Cc1ccc(S(=O)(=O)NCCOc2ccc(Cl)cc2)s1. The Labute approximate surface area is 127 Å². The van der Waals surface area contributed by atoms with E-state index in [4.69, 9.17) is 16.3 Å². The highest BCUT2D eigenvalue weighted by molar-refractivity contribution is 7.91. The number of nitrogens with one attached hydrogen (secondary N) is 1. The summed E-state index contributed by atoms with van der Waals surface area (Å²) in [5.41, 5.74) is 0. The van der Waals surface area contributed by atoms with Crippen LogP contribution in [-0.2, 0) is 10.0 Å². The predicted molar refractivity (Wildman–Crippen MR) is 81.2 cm³/mol. The van der Waals surface area contributed by atoms with Gasteiger partial charge in [-0.15, -0.1) is 11.3 Å². The Balaban J connectivity index is 1.82. The summed E-state index contributed by atoms with van der Waals surface area (Å²) in [5, 5.41) is 0.631. The molecule has 2 rings (SSSR count). The van der Waals surface area contributed by atoms with Crippen LogP contribution < -0.4 is 9.46 Å². The molecule has 0 atom stereocenters. The molecule has 0 saturated carbocycles. The number of sulfonamides is 1. The zero-order chi connectivity index (χ0) is 14.6. The van der Waals surface area contributed by atoms with E-state index < -0.39 is 10.0 Å². The molecule has 0 amide bonds. The van der Waals surface area contributed by atoms with Crippen LogP contribution >= 0.6 is 22.9 Å². The van der Waals surface area contributed by atoms with Gasteiger partial charge in [-0.2, -0.15) is 0 Å². The summed E-state index contributed by atoms with van der Waals surface area (Å²) >= 11 is 7.00. The van der Waals surface area contributed by atoms with Crippen LogP contribution in [0, 0.1) is 6.92 Å². The van der Waals surface area contributed by atoms with Crippen molar-refractivity contribution in [2.75, 3.05) is 13.2 Å². The van der Waals surface area contributed by atoms with E-state index >= 15 is 0 Å². The van der Waals surface area contributed by atoms with Crippen LogP contribution in [0.3, 0.4) is 0 Å². The lowest BCUT2D eigenvalue weighted by molar-refractivity contribution is 0.323. The first-order valence-electron chi connectivity index (χ1n) is 5.92. The van der Waals surface area contributed by atoms with Crippen LogP contribution in [0.25, 0.3) is 0 Å². The molecular weight excluding hydrogens is 318 g/mol. The summed E-state index contributed by atoms with van der Waals surface area (Å²) in [6.45, 7) is 2.33. The number of ether oxygens (including phenoxy) is 1. The van der Waals surface area contributed by atoms with Crippen molar-refractivity contribution in [3.05, 3.63) is 46.3 Å². The summed E-state index contributed by atoms with van der Waals surface area (Å²) in [4.78, 5) is 0.961. The van der Waals surface area contributed by atoms with E-state index in [1.807, 2.05) is 6.92 Å². The van der Waals surface area contributed by atoms with E-state index in [2.05, 4.69) is 4.72 Å². The second-order valence-electron chi connectivity index (χ2n) is 4.07. The van der Waals surface area contributed by atoms with Crippen LogP contribution in [-0.4, -0.2) is 21.6 Å². The molecule has 0 radical (unpaired) electrons. The van der Waals surface area contributed by atoms with Gasteiger partial charge in [-0.25, -0.2) is 13.1 Å². The molecule has 0 bridgehead atoms. The fourth-order valence-electron chi connectivity index (χ4n) is 1.50. The largest absolute Gasteiger partial charge is 0.492 e. The summed E-state index contributed by atoms with van der Waals surface area (Å²) in [6.07, 6.45) is 0. The van der Waals surface area contributed by atoms with Gasteiger partial charge in [0.05, 0.1) is 0 Å². The maximum absolute atomic E-state index is 11.9. The molecule has 2 aromatic rings. The molecule has 4 nitrogen and oxygen atoms in total. The molecule has 0 aliphatic heterocycles. The monoisotopic (exact) mass is 331 g/mol. The van der Waals surface area contributed by atoms with Crippen LogP contribution in [0.5, 0.6) is 5.75 Å². The maximum atomic E-state index is 11.9. The molecule has 0 saturated heterocycles. The van der Waals surface area contributed by atoms with Crippen molar-refractivity contribution < 1.29 is 13.2 Å². The fourth-order valence-corrected chi connectivity index (χ4v) is 3.97. The molecule has 0 unspecified atom stereocenters. The van der Waals surface area contributed by atoms with E-state index in [-0.39, 0.29) is 13.2 Å². The predicted octanol–water partition coefficient (Wildman–Crippen LogP) is 3.07. The van der Waals surface area contributed by atoms with Crippen molar-refractivity contribution in [1.29, 1.82) is 0 Å². The molecule has 0 aliphatic carbocycles. The zero-order valence-electron chi connectivity index (χ0n) is 10.8. The molecule has 1 N–H and O–H groups in total. The second-order valence-corrected chi connectivity index (χ2v) is 7.78. The molecule has 108 valence electrons. The van der Waals surface area contributed by atoms with Gasteiger partial charge in [0.1, 0.15) is 16.6 Å². The lowest BCUT2D eigenvalue weighted by atomic mass is 10.3. The topological polar surface area (TPSA) is 55.4 Å². The number of aryl methyl sites for hydroxylation is 1. The number of rotatable bonds is 6. The second kappa shape index (κ2) is 6.58. The normalized spacial score (nSPS) is 11.5. The van der Waals surface area contributed by atoms with Crippen LogP contribution in [0.4, 0.5) is 0 Å². The summed E-state index contributed by atoms with van der Waals surface area (Å²) in [6, 6.07) is 10.3. The van der Waals surface area contributed by atoms with Gasteiger partial charge in [-0.05, 0) is 43.3 Å². The lowest BCUT2D eigenvalue weighted by Gasteiger charge is -2.07. The van der Waals surface area contributed by atoms with Gasteiger partial charge >= 0.3 is 0 Å². The van der Waals surface area contributed by atoms with Crippen molar-refractivity contribution in [3.8, 4) is 5.75 Å². The van der Waals surface area contributed by atoms with Gasteiger partial charge in [-0.1, -0.05) is 11.6 Å². The number of hydrogen-bond acceptors (Lipinski definition) is 4. The molecule has 0 aliphatic rings. The first-order chi connectivity index (χ1) is 9.47. The number of halogens is 1. The first-order valence-corrected chi connectivity index (χ1v) is 8.59. The molecular formula is C13H14ClNO3S2. The first kappa shape index (κ1) is 15.3. The number of hydrogen-bond donors (Lipinski definition) is 1. The minimum absolute atomic E-state index is 0.210. The van der Waals surface area contributed by atoms with E-state index in [9.17, 15) is 8.42 Å². The minimum Gasteiger partial charge on any atom is -0.492 e. The van der Waals surface area contributed by atoms with Crippen LogP contribution in [0.1, 0.15) is 4.88 Å². The van der Waals surface area contributed by atoms with Crippen molar-refractivity contribution in [3.63, 3.8) is 0 Å². The van der Waals surface area contributed by atoms with Gasteiger partial charge in [-0.3, -0.25) is 0 Å². The molecule has 20 heavy (non-hydrogen) atoms. The molecule has 0 fully saturated rings. The van der Waals surface area contributed by atoms with Crippen LogP contribution in [0.15, 0.2) is 40.6 Å². The third-order valence-electron chi connectivity index (χ3n) is 2.46. The van der Waals surface area contributed by atoms with E-state index in [0.29, 0.717) is 15.0 Å². The molecule has 1 heterocycles. The maximum Gasteiger partial charge on any atom is 0.250 e. The summed E-state index contributed by atoms with van der Waals surface area (Å²) in [5.74, 6) is 0.653.